The first-order valence-electron chi connectivity index (χ1n) is 12.8. The third kappa shape index (κ3) is 4.67. The molecule has 2 N–H and O–H groups in total. The number of likely N-dealkylation sites (tertiary alicyclic amines) is 1. The number of ether oxygens (including phenoxy) is 1. The number of aryl methyl sites for hydroxylation is 1. The van der Waals surface area contributed by atoms with Crippen LogP contribution in [-0.4, -0.2) is 52.1 Å². The molecule has 0 bridgehead atoms. The first-order valence-corrected chi connectivity index (χ1v) is 12.8. The van der Waals surface area contributed by atoms with Gasteiger partial charge in [0.25, 0.3) is 11.5 Å². The molecule has 1 saturated heterocycles. The average Bonchev–Trinajstić information content (AvgIpc) is 3.60. The van der Waals surface area contributed by atoms with Gasteiger partial charge in [-0.1, -0.05) is 25.1 Å². The monoisotopic (exact) mass is 491 g/mol. The molecule has 1 atom stereocenters. The molecule has 3 aromatic rings. The molecule has 9 heteroatoms. The molecule has 9 nitrogen and oxygen atoms in total. The second-order valence-electron chi connectivity index (χ2n) is 9.69. The van der Waals surface area contributed by atoms with Gasteiger partial charge in [0.1, 0.15) is 5.75 Å². The number of hydrogen-bond donors (Lipinski definition) is 2. The first-order chi connectivity index (χ1) is 17.5. The number of methoxy groups -OCH3 is 1. The molecule has 0 radical (unpaired) electrons. The van der Waals surface area contributed by atoms with Crippen LogP contribution in [0.1, 0.15) is 72.6 Å². The Labute approximate surface area is 209 Å². The van der Waals surface area contributed by atoms with Gasteiger partial charge in [0.15, 0.2) is 5.65 Å². The molecular weight excluding hydrogens is 458 g/mol. The van der Waals surface area contributed by atoms with Gasteiger partial charge in [-0.2, -0.15) is 0 Å². The molecule has 0 spiro atoms. The average molecular weight is 492 g/mol. The number of nitrogens with one attached hydrogen (secondary N) is 2. The van der Waals surface area contributed by atoms with E-state index in [9.17, 15) is 14.4 Å². The van der Waals surface area contributed by atoms with Crippen molar-refractivity contribution in [1.82, 2.24) is 24.8 Å². The zero-order valence-electron chi connectivity index (χ0n) is 20.9. The second-order valence-corrected chi connectivity index (χ2v) is 9.69. The SMILES string of the molecule is CCCn1c(=O)[nH]c(=O)c2c(C(=O)NCC(c3ccccc3OC)N3CCCC3)cc(C3CC3)nc21. The highest BCUT2D eigenvalue weighted by molar-refractivity contribution is 6.05. The summed E-state index contributed by atoms with van der Waals surface area (Å²) >= 11 is 0. The Kier molecular flexibility index (Phi) is 6.91. The predicted octanol–water partition coefficient (Wildman–Crippen LogP) is 2.95. The highest BCUT2D eigenvalue weighted by atomic mass is 16.5. The molecule has 3 heterocycles. The smallest absolute Gasteiger partial charge is 0.329 e. The number of benzene rings is 1. The van der Waals surface area contributed by atoms with Gasteiger partial charge < -0.3 is 10.1 Å². The van der Waals surface area contributed by atoms with Crippen LogP contribution in [0, 0.1) is 0 Å². The number of carbonyl (C=O) groups is 1. The summed E-state index contributed by atoms with van der Waals surface area (Å²) in [5.41, 5.74) is 1.28. The number of para-hydroxylation sites is 1. The molecule has 2 fully saturated rings. The van der Waals surface area contributed by atoms with Crippen LogP contribution in [-0.2, 0) is 6.54 Å². The fourth-order valence-electron chi connectivity index (χ4n) is 5.21. The zero-order chi connectivity index (χ0) is 25.2. The van der Waals surface area contributed by atoms with Gasteiger partial charge in [0.2, 0.25) is 0 Å². The Morgan fingerprint density at radius 3 is 2.67 bits per heavy atom. The minimum atomic E-state index is -0.580. The zero-order valence-corrected chi connectivity index (χ0v) is 20.9. The largest absolute Gasteiger partial charge is 0.496 e. The maximum Gasteiger partial charge on any atom is 0.329 e. The molecule has 5 rings (SSSR count). The lowest BCUT2D eigenvalue weighted by molar-refractivity contribution is 0.0938. The number of aromatic nitrogens is 3. The minimum absolute atomic E-state index is 0.0554. The molecule has 36 heavy (non-hydrogen) atoms. The lowest BCUT2D eigenvalue weighted by atomic mass is 10.0. The van der Waals surface area contributed by atoms with Crippen LogP contribution < -0.4 is 21.3 Å². The Balaban J connectivity index is 1.52. The summed E-state index contributed by atoms with van der Waals surface area (Å²) in [5.74, 6) is 0.709. The predicted molar refractivity (Wildman–Crippen MR) is 138 cm³/mol. The van der Waals surface area contributed by atoms with Crippen LogP contribution in [0.4, 0.5) is 0 Å². The van der Waals surface area contributed by atoms with Crippen LogP contribution in [0.5, 0.6) is 5.75 Å². The Morgan fingerprint density at radius 1 is 1.22 bits per heavy atom. The van der Waals surface area contributed by atoms with E-state index in [0.29, 0.717) is 25.2 Å². The number of pyridine rings is 1. The van der Waals surface area contributed by atoms with E-state index >= 15 is 0 Å². The fraction of sp³-hybridized carbons (Fsp3) is 0.481. The number of amides is 1. The van der Waals surface area contributed by atoms with Crippen molar-refractivity contribution in [3.05, 3.63) is 68.0 Å². The quantitative estimate of drug-likeness (QED) is 0.476. The number of nitrogens with zero attached hydrogens (tertiary/aromatic N) is 3. The normalized spacial score (nSPS) is 16.8. The molecular formula is C27H33N5O4. The van der Waals surface area contributed by atoms with Crippen molar-refractivity contribution < 1.29 is 9.53 Å². The van der Waals surface area contributed by atoms with Gasteiger partial charge in [0.05, 0.1) is 24.1 Å². The molecule has 1 amide bonds. The third-order valence-electron chi connectivity index (χ3n) is 7.19. The van der Waals surface area contributed by atoms with Crippen molar-refractivity contribution in [1.29, 1.82) is 0 Å². The Bertz CT molecular complexity index is 1390. The van der Waals surface area contributed by atoms with Gasteiger partial charge in [-0.25, -0.2) is 9.78 Å². The number of H-pyrrole nitrogens is 1. The number of aromatic amines is 1. The van der Waals surface area contributed by atoms with Crippen LogP contribution in [0.25, 0.3) is 11.0 Å². The van der Waals surface area contributed by atoms with Crippen molar-refractivity contribution in [2.75, 3.05) is 26.7 Å². The van der Waals surface area contributed by atoms with E-state index in [2.05, 4.69) is 20.2 Å². The Hall–Kier alpha value is -3.46. The number of carbonyl (C=O) groups excluding carboxylic acids is 1. The van der Waals surface area contributed by atoms with Crippen LogP contribution >= 0.6 is 0 Å². The summed E-state index contributed by atoms with van der Waals surface area (Å²) in [6.07, 6.45) is 4.92. The lowest BCUT2D eigenvalue weighted by Crippen LogP contribution is -2.38. The lowest BCUT2D eigenvalue weighted by Gasteiger charge is -2.29. The van der Waals surface area contributed by atoms with E-state index < -0.39 is 11.2 Å². The van der Waals surface area contributed by atoms with Gasteiger partial charge in [0, 0.05) is 30.3 Å². The van der Waals surface area contributed by atoms with E-state index in [0.717, 1.165) is 55.8 Å². The summed E-state index contributed by atoms with van der Waals surface area (Å²) in [6, 6.07) is 9.57. The van der Waals surface area contributed by atoms with E-state index in [-0.39, 0.29) is 28.8 Å². The van der Waals surface area contributed by atoms with E-state index in [1.54, 1.807) is 13.2 Å². The molecule has 1 aliphatic carbocycles. The summed E-state index contributed by atoms with van der Waals surface area (Å²) in [5, 5.41) is 3.26. The molecule has 1 unspecified atom stereocenters. The molecule has 2 aromatic heterocycles. The van der Waals surface area contributed by atoms with Gasteiger partial charge in [-0.15, -0.1) is 0 Å². The Morgan fingerprint density at radius 2 is 1.97 bits per heavy atom. The molecule has 1 saturated carbocycles. The van der Waals surface area contributed by atoms with Crippen molar-refractivity contribution >= 4 is 16.9 Å². The summed E-state index contributed by atoms with van der Waals surface area (Å²) < 4.78 is 7.10. The van der Waals surface area contributed by atoms with Crippen molar-refractivity contribution in [3.8, 4) is 5.75 Å². The maximum atomic E-state index is 13.6. The highest BCUT2D eigenvalue weighted by Crippen LogP contribution is 2.40. The molecule has 1 aromatic carbocycles. The van der Waals surface area contributed by atoms with Gasteiger partial charge >= 0.3 is 5.69 Å². The molecule has 2 aliphatic rings. The van der Waals surface area contributed by atoms with Gasteiger partial charge in [-0.05, 0) is 57.3 Å². The number of hydrogen-bond acceptors (Lipinski definition) is 6. The first kappa shape index (κ1) is 24.2. The van der Waals surface area contributed by atoms with Crippen molar-refractivity contribution in [2.24, 2.45) is 0 Å². The summed E-state index contributed by atoms with van der Waals surface area (Å²) in [7, 11) is 1.66. The standard InChI is InChI=1S/C27H33N5O4/c1-3-12-32-24-23(26(34)30-27(32)35)19(15-20(29-24)17-10-11-17)25(33)28-16-21(31-13-6-7-14-31)18-8-4-5-9-22(18)36-2/h4-5,8-9,15,17,21H,3,6-7,10-14,16H2,1-2H3,(H,28,33)(H,30,34,35). The van der Waals surface area contributed by atoms with Crippen LogP contribution in [0.3, 0.4) is 0 Å². The summed E-state index contributed by atoms with van der Waals surface area (Å²) in [6.45, 7) is 4.64. The van der Waals surface area contributed by atoms with E-state index in [4.69, 9.17) is 4.74 Å². The van der Waals surface area contributed by atoms with E-state index in [1.165, 1.54) is 4.57 Å². The topological polar surface area (TPSA) is 109 Å². The van der Waals surface area contributed by atoms with Crippen molar-refractivity contribution in [3.63, 3.8) is 0 Å². The third-order valence-corrected chi connectivity index (χ3v) is 7.19. The van der Waals surface area contributed by atoms with Crippen molar-refractivity contribution in [2.45, 2.75) is 57.5 Å². The fourth-order valence-corrected chi connectivity index (χ4v) is 5.21. The van der Waals surface area contributed by atoms with Crippen LogP contribution in [0.15, 0.2) is 39.9 Å². The molecule has 190 valence electrons. The van der Waals surface area contributed by atoms with Gasteiger partial charge in [-0.3, -0.25) is 24.0 Å². The molecule has 1 aliphatic heterocycles. The highest BCUT2D eigenvalue weighted by Gasteiger charge is 2.30. The second kappa shape index (κ2) is 10.3. The van der Waals surface area contributed by atoms with E-state index in [1.807, 2.05) is 31.2 Å². The van der Waals surface area contributed by atoms with Crippen LogP contribution in [0.2, 0.25) is 0 Å². The maximum absolute atomic E-state index is 13.6. The minimum Gasteiger partial charge on any atom is -0.496 e. The number of rotatable bonds is 9. The number of fused-ring (bicyclic) bond motifs is 1. The summed E-state index contributed by atoms with van der Waals surface area (Å²) in [4.78, 5) is 48.5.